The molecule has 0 amide bonds. The maximum Gasteiger partial charge on any atom is 0.148 e. The normalized spacial score (nSPS) is 28.4. The lowest BCUT2D eigenvalue weighted by Crippen LogP contribution is -2.22. The first kappa shape index (κ1) is 10.3. The summed E-state index contributed by atoms with van der Waals surface area (Å²) in [5.41, 5.74) is 5.78. The monoisotopic (exact) mass is 282 g/mol. The summed E-state index contributed by atoms with van der Waals surface area (Å²) in [6, 6.07) is 0. The molecule has 1 aromatic rings. The average molecular weight is 283 g/mol. The maximum atomic E-state index is 5.78. The summed E-state index contributed by atoms with van der Waals surface area (Å²) in [5.74, 6) is 3.22. The van der Waals surface area contributed by atoms with Gasteiger partial charge in [0.1, 0.15) is 22.4 Å². The third kappa shape index (κ3) is 1.57. The van der Waals surface area contributed by atoms with Crippen LogP contribution in [0.5, 0.6) is 0 Å². The van der Waals surface area contributed by atoms with Crippen molar-refractivity contribution >= 4 is 27.6 Å². The Kier molecular flexibility index (Phi) is 2.50. The zero-order valence-corrected chi connectivity index (χ0v) is 10.7. The lowest BCUT2D eigenvalue weighted by atomic mass is 10.0. The van der Waals surface area contributed by atoms with Crippen LogP contribution in [-0.2, 0) is 0 Å². The van der Waals surface area contributed by atoms with Crippen molar-refractivity contribution in [3.05, 3.63) is 10.8 Å². The minimum absolute atomic E-state index is 0.530. The van der Waals surface area contributed by atoms with Gasteiger partial charge in [0, 0.05) is 13.1 Å². The van der Waals surface area contributed by atoms with Gasteiger partial charge in [-0.3, -0.25) is 0 Å². The van der Waals surface area contributed by atoms with Crippen molar-refractivity contribution in [3.63, 3.8) is 0 Å². The largest absolute Gasteiger partial charge is 0.383 e. The highest BCUT2D eigenvalue weighted by atomic mass is 79.9. The van der Waals surface area contributed by atoms with Gasteiger partial charge in [0.05, 0.1) is 0 Å². The molecular formula is C11H15BrN4. The molecular weight excluding hydrogens is 268 g/mol. The van der Waals surface area contributed by atoms with Crippen LogP contribution in [0.25, 0.3) is 0 Å². The first-order chi connectivity index (χ1) is 7.75. The van der Waals surface area contributed by atoms with E-state index in [0.717, 1.165) is 35.2 Å². The van der Waals surface area contributed by atoms with Crippen LogP contribution >= 0.6 is 15.9 Å². The smallest absolute Gasteiger partial charge is 0.148 e. The number of hydrogen-bond acceptors (Lipinski definition) is 4. The van der Waals surface area contributed by atoms with Crippen LogP contribution in [0.4, 0.5) is 11.6 Å². The lowest BCUT2D eigenvalue weighted by Gasteiger charge is -2.19. The van der Waals surface area contributed by atoms with E-state index in [-0.39, 0.29) is 0 Å². The molecule has 86 valence electrons. The zero-order valence-electron chi connectivity index (χ0n) is 9.06. The number of nitrogens with two attached hydrogens (primary N) is 1. The molecule has 2 aliphatic rings. The zero-order chi connectivity index (χ0) is 11.1. The molecule has 2 fully saturated rings. The molecule has 4 nitrogen and oxygen atoms in total. The van der Waals surface area contributed by atoms with Gasteiger partial charge in [-0.05, 0) is 40.6 Å². The predicted molar refractivity (Wildman–Crippen MR) is 67.2 cm³/mol. The highest BCUT2D eigenvalue weighted by Crippen LogP contribution is 2.41. The van der Waals surface area contributed by atoms with Gasteiger partial charge in [0.15, 0.2) is 0 Å². The SMILES string of the molecule is Nc1ncnc(N2CC3CCCC3C2)c1Br. The molecule has 0 aromatic carbocycles. The molecule has 16 heavy (non-hydrogen) atoms. The second-order valence-electron chi connectivity index (χ2n) is 4.75. The summed E-state index contributed by atoms with van der Waals surface area (Å²) in [4.78, 5) is 10.7. The standard InChI is InChI=1S/C11H15BrN4/c12-9-10(13)14-6-15-11(9)16-4-7-2-1-3-8(7)5-16/h6-8H,1-5H2,(H2,13,14,15). The lowest BCUT2D eigenvalue weighted by molar-refractivity contribution is 0.494. The summed E-state index contributed by atoms with van der Waals surface area (Å²) in [7, 11) is 0. The Bertz CT molecular complexity index is 397. The summed E-state index contributed by atoms with van der Waals surface area (Å²) < 4.78 is 0.843. The van der Waals surface area contributed by atoms with Crippen molar-refractivity contribution in [1.29, 1.82) is 0 Å². The molecule has 0 radical (unpaired) electrons. The minimum Gasteiger partial charge on any atom is -0.383 e. The van der Waals surface area contributed by atoms with Crippen molar-refractivity contribution in [2.75, 3.05) is 23.7 Å². The summed E-state index contributed by atoms with van der Waals surface area (Å²) in [6.07, 6.45) is 5.69. The Morgan fingerprint density at radius 1 is 1.25 bits per heavy atom. The van der Waals surface area contributed by atoms with Crippen LogP contribution < -0.4 is 10.6 Å². The average Bonchev–Trinajstić information content (AvgIpc) is 2.81. The molecule has 2 heterocycles. The third-order valence-electron chi connectivity index (χ3n) is 3.82. The number of nitrogen functional groups attached to an aromatic ring is 1. The Hall–Kier alpha value is -0.840. The first-order valence-corrected chi connectivity index (χ1v) is 6.56. The fraction of sp³-hybridized carbons (Fsp3) is 0.636. The molecule has 3 rings (SSSR count). The second kappa shape index (κ2) is 3.87. The van der Waals surface area contributed by atoms with E-state index in [1.54, 1.807) is 6.33 Å². The van der Waals surface area contributed by atoms with Gasteiger partial charge in [-0.25, -0.2) is 9.97 Å². The van der Waals surface area contributed by atoms with Gasteiger partial charge in [-0.1, -0.05) is 6.42 Å². The van der Waals surface area contributed by atoms with E-state index in [2.05, 4.69) is 30.8 Å². The van der Waals surface area contributed by atoms with Crippen LogP contribution in [0.15, 0.2) is 10.8 Å². The molecule has 1 aliphatic heterocycles. The number of anilines is 2. The molecule has 5 heteroatoms. The first-order valence-electron chi connectivity index (χ1n) is 5.76. The van der Waals surface area contributed by atoms with E-state index in [9.17, 15) is 0 Å². The topological polar surface area (TPSA) is 55.0 Å². The predicted octanol–water partition coefficient (Wildman–Crippen LogP) is 2.06. The van der Waals surface area contributed by atoms with E-state index < -0.39 is 0 Å². The van der Waals surface area contributed by atoms with Crippen LogP contribution in [0, 0.1) is 11.8 Å². The Morgan fingerprint density at radius 2 is 1.94 bits per heavy atom. The fourth-order valence-corrected chi connectivity index (χ4v) is 3.46. The highest BCUT2D eigenvalue weighted by molar-refractivity contribution is 9.10. The molecule has 1 aliphatic carbocycles. The Labute approximate surface area is 103 Å². The van der Waals surface area contributed by atoms with Crippen LogP contribution in [0.3, 0.4) is 0 Å². The molecule has 1 saturated heterocycles. The van der Waals surface area contributed by atoms with Crippen molar-refractivity contribution in [3.8, 4) is 0 Å². The number of hydrogen-bond donors (Lipinski definition) is 1. The molecule has 1 saturated carbocycles. The van der Waals surface area contributed by atoms with Crippen LogP contribution in [-0.4, -0.2) is 23.1 Å². The van der Waals surface area contributed by atoms with E-state index >= 15 is 0 Å². The number of aromatic nitrogens is 2. The van der Waals surface area contributed by atoms with Gasteiger partial charge in [0.25, 0.3) is 0 Å². The van der Waals surface area contributed by atoms with E-state index in [1.165, 1.54) is 19.3 Å². The number of rotatable bonds is 1. The van der Waals surface area contributed by atoms with Crippen molar-refractivity contribution in [1.82, 2.24) is 9.97 Å². The maximum absolute atomic E-state index is 5.78. The number of fused-ring (bicyclic) bond motifs is 1. The molecule has 2 N–H and O–H groups in total. The van der Waals surface area contributed by atoms with Crippen LogP contribution in [0.2, 0.25) is 0 Å². The fourth-order valence-electron chi connectivity index (χ4n) is 3.00. The van der Waals surface area contributed by atoms with Crippen LogP contribution in [0.1, 0.15) is 19.3 Å². The van der Waals surface area contributed by atoms with Gasteiger partial charge >= 0.3 is 0 Å². The van der Waals surface area contributed by atoms with Crippen molar-refractivity contribution < 1.29 is 0 Å². The highest BCUT2D eigenvalue weighted by Gasteiger charge is 2.37. The number of nitrogens with zero attached hydrogens (tertiary/aromatic N) is 3. The molecule has 2 atom stereocenters. The van der Waals surface area contributed by atoms with Crippen molar-refractivity contribution in [2.45, 2.75) is 19.3 Å². The number of halogens is 1. The molecule has 2 unspecified atom stereocenters. The Morgan fingerprint density at radius 3 is 2.62 bits per heavy atom. The second-order valence-corrected chi connectivity index (χ2v) is 5.55. The van der Waals surface area contributed by atoms with E-state index in [0.29, 0.717) is 5.82 Å². The summed E-state index contributed by atoms with van der Waals surface area (Å²) in [5, 5.41) is 0. The van der Waals surface area contributed by atoms with Gasteiger partial charge < -0.3 is 10.6 Å². The van der Waals surface area contributed by atoms with E-state index in [4.69, 9.17) is 5.73 Å². The summed E-state index contributed by atoms with van der Waals surface area (Å²) in [6.45, 7) is 2.25. The summed E-state index contributed by atoms with van der Waals surface area (Å²) >= 11 is 3.48. The molecule has 0 bridgehead atoms. The molecule has 1 aromatic heterocycles. The van der Waals surface area contributed by atoms with Gasteiger partial charge in [-0.15, -0.1) is 0 Å². The van der Waals surface area contributed by atoms with Crippen molar-refractivity contribution in [2.24, 2.45) is 11.8 Å². The molecule has 0 spiro atoms. The van der Waals surface area contributed by atoms with Gasteiger partial charge in [0.2, 0.25) is 0 Å². The quantitative estimate of drug-likeness (QED) is 0.857. The third-order valence-corrected chi connectivity index (χ3v) is 4.58. The minimum atomic E-state index is 0.530. The Balaban J connectivity index is 1.86. The van der Waals surface area contributed by atoms with E-state index in [1.807, 2.05) is 0 Å². The van der Waals surface area contributed by atoms with Gasteiger partial charge in [-0.2, -0.15) is 0 Å².